The molecule has 0 saturated carbocycles. The van der Waals surface area contributed by atoms with E-state index in [4.69, 9.17) is 21.6 Å². The quantitative estimate of drug-likeness (QED) is 0.740. The molecule has 0 fully saturated rings. The fraction of sp³-hybridized carbons (Fsp3) is 0.100. The van der Waals surface area contributed by atoms with E-state index in [1.54, 1.807) is 24.3 Å². The summed E-state index contributed by atoms with van der Waals surface area (Å²) in [6.07, 6.45) is 0. The van der Waals surface area contributed by atoms with E-state index in [2.05, 4.69) is 6.58 Å². The predicted molar refractivity (Wildman–Crippen MR) is 51.6 cm³/mol. The van der Waals surface area contributed by atoms with E-state index in [9.17, 15) is 0 Å². The van der Waals surface area contributed by atoms with Crippen LogP contribution in [0.4, 0.5) is 0 Å². The van der Waals surface area contributed by atoms with Crippen LogP contribution in [0.25, 0.3) is 0 Å². The Morgan fingerprint density at radius 2 is 2.38 bits per heavy atom. The van der Waals surface area contributed by atoms with Gasteiger partial charge in [-0.15, -0.1) is 0 Å². The van der Waals surface area contributed by atoms with Crippen molar-refractivity contribution in [2.45, 2.75) is 0 Å². The van der Waals surface area contributed by atoms with Gasteiger partial charge < -0.3 is 4.74 Å². The summed E-state index contributed by atoms with van der Waals surface area (Å²) in [6.45, 7) is 3.75. The number of hydrogen-bond donors (Lipinski definition) is 0. The fourth-order valence-corrected chi connectivity index (χ4v) is 0.872. The maximum Gasteiger partial charge on any atom is 0.123 e. The van der Waals surface area contributed by atoms with Crippen molar-refractivity contribution in [1.82, 2.24) is 0 Å². The van der Waals surface area contributed by atoms with Gasteiger partial charge in [-0.25, -0.2) is 0 Å². The van der Waals surface area contributed by atoms with Gasteiger partial charge in [0.2, 0.25) is 0 Å². The lowest BCUT2D eigenvalue weighted by molar-refractivity contribution is 0.359. The van der Waals surface area contributed by atoms with E-state index in [-0.39, 0.29) is 6.61 Å². The lowest BCUT2D eigenvalue weighted by Crippen LogP contribution is -1.96. The van der Waals surface area contributed by atoms with Crippen molar-refractivity contribution in [3.63, 3.8) is 0 Å². The summed E-state index contributed by atoms with van der Waals surface area (Å²) >= 11 is 5.52. The average molecular weight is 194 g/mol. The predicted octanol–water partition coefficient (Wildman–Crippen LogP) is 2.69. The minimum absolute atomic E-state index is 0.260. The van der Waals surface area contributed by atoms with Gasteiger partial charge in [-0.2, -0.15) is 5.26 Å². The van der Waals surface area contributed by atoms with E-state index in [0.29, 0.717) is 16.3 Å². The molecule has 1 rings (SSSR count). The Balaban J connectivity index is 2.68. The maximum absolute atomic E-state index is 8.59. The highest BCUT2D eigenvalue weighted by atomic mass is 35.5. The van der Waals surface area contributed by atoms with Crippen molar-refractivity contribution >= 4 is 11.6 Å². The van der Waals surface area contributed by atoms with Crippen molar-refractivity contribution in [3.05, 3.63) is 41.4 Å². The average Bonchev–Trinajstić information content (AvgIpc) is 2.15. The molecule has 0 aliphatic heterocycles. The lowest BCUT2D eigenvalue weighted by Gasteiger charge is -2.03. The number of nitriles is 1. The molecule has 0 aliphatic carbocycles. The molecule has 0 atom stereocenters. The molecule has 0 heterocycles. The van der Waals surface area contributed by atoms with Gasteiger partial charge in [0.15, 0.2) is 0 Å². The Bertz CT molecular complexity index is 354. The van der Waals surface area contributed by atoms with Gasteiger partial charge in [0.25, 0.3) is 0 Å². The number of benzene rings is 1. The summed E-state index contributed by atoms with van der Waals surface area (Å²) < 4.78 is 5.23. The largest absolute Gasteiger partial charge is 0.488 e. The smallest absolute Gasteiger partial charge is 0.123 e. The molecule has 0 radical (unpaired) electrons. The van der Waals surface area contributed by atoms with Crippen LogP contribution < -0.4 is 4.74 Å². The third-order valence-corrected chi connectivity index (χ3v) is 1.47. The normalized spacial score (nSPS) is 8.92. The van der Waals surface area contributed by atoms with Crippen LogP contribution in [-0.2, 0) is 0 Å². The van der Waals surface area contributed by atoms with Crippen LogP contribution in [-0.4, -0.2) is 6.61 Å². The zero-order chi connectivity index (χ0) is 9.68. The number of nitrogens with zero attached hydrogens (tertiary/aromatic N) is 1. The fourth-order valence-electron chi connectivity index (χ4n) is 0.817. The Kier molecular flexibility index (Phi) is 3.36. The zero-order valence-corrected chi connectivity index (χ0v) is 7.71. The molecule has 1 aromatic rings. The second kappa shape index (κ2) is 4.54. The first-order valence-corrected chi connectivity index (χ1v) is 4.06. The molecule has 66 valence electrons. The topological polar surface area (TPSA) is 33.0 Å². The van der Waals surface area contributed by atoms with E-state index in [1.807, 2.05) is 6.07 Å². The molecule has 0 saturated heterocycles. The van der Waals surface area contributed by atoms with Crippen molar-refractivity contribution < 1.29 is 4.74 Å². The first-order chi connectivity index (χ1) is 6.22. The van der Waals surface area contributed by atoms with E-state index in [1.165, 1.54) is 0 Å². The van der Waals surface area contributed by atoms with Gasteiger partial charge in [0.05, 0.1) is 11.6 Å². The van der Waals surface area contributed by atoms with Crippen molar-refractivity contribution in [1.29, 1.82) is 5.26 Å². The minimum Gasteiger partial charge on any atom is -0.488 e. The van der Waals surface area contributed by atoms with Crippen LogP contribution in [0.5, 0.6) is 5.75 Å². The van der Waals surface area contributed by atoms with E-state index < -0.39 is 0 Å². The maximum atomic E-state index is 8.59. The summed E-state index contributed by atoms with van der Waals surface area (Å²) in [4.78, 5) is 0. The molecule has 0 bridgehead atoms. The van der Waals surface area contributed by atoms with Crippen LogP contribution in [0.1, 0.15) is 5.56 Å². The van der Waals surface area contributed by atoms with Crippen molar-refractivity contribution in [2.75, 3.05) is 6.61 Å². The number of rotatable bonds is 3. The molecule has 0 unspecified atom stereocenters. The molecule has 0 N–H and O–H groups in total. The molecule has 0 aliphatic rings. The highest BCUT2D eigenvalue weighted by molar-refractivity contribution is 6.29. The first kappa shape index (κ1) is 9.63. The summed E-state index contributed by atoms with van der Waals surface area (Å²) in [5, 5.41) is 9.02. The number of halogens is 1. The number of hydrogen-bond acceptors (Lipinski definition) is 2. The van der Waals surface area contributed by atoms with Crippen molar-refractivity contribution in [3.8, 4) is 11.8 Å². The lowest BCUT2D eigenvalue weighted by atomic mass is 10.2. The zero-order valence-electron chi connectivity index (χ0n) is 6.96. The molecular formula is C10H8ClNO. The van der Waals surface area contributed by atoms with Crippen LogP contribution in [0.3, 0.4) is 0 Å². The van der Waals surface area contributed by atoms with Gasteiger partial charge in [-0.05, 0) is 18.2 Å². The third-order valence-electron chi connectivity index (χ3n) is 1.36. The molecule has 2 nitrogen and oxygen atoms in total. The summed E-state index contributed by atoms with van der Waals surface area (Å²) in [6, 6.07) is 8.90. The van der Waals surface area contributed by atoms with Crippen LogP contribution in [0.2, 0.25) is 0 Å². The molecule has 3 heteroatoms. The van der Waals surface area contributed by atoms with Gasteiger partial charge in [-0.1, -0.05) is 24.2 Å². The van der Waals surface area contributed by atoms with Gasteiger partial charge in [0, 0.05) is 5.03 Å². The minimum atomic E-state index is 0.260. The van der Waals surface area contributed by atoms with E-state index >= 15 is 0 Å². The molecular weight excluding hydrogens is 186 g/mol. The monoisotopic (exact) mass is 193 g/mol. The summed E-state index contributed by atoms with van der Waals surface area (Å²) in [5.74, 6) is 0.626. The Morgan fingerprint density at radius 1 is 1.62 bits per heavy atom. The van der Waals surface area contributed by atoms with Gasteiger partial charge in [0.1, 0.15) is 12.4 Å². The molecule has 13 heavy (non-hydrogen) atoms. The van der Waals surface area contributed by atoms with Crippen LogP contribution >= 0.6 is 11.6 Å². The second-order valence-corrected chi connectivity index (χ2v) is 2.98. The second-order valence-electron chi connectivity index (χ2n) is 2.45. The Morgan fingerprint density at radius 3 is 3.00 bits per heavy atom. The van der Waals surface area contributed by atoms with E-state index in [0.717, 1.165) is 0 Å². The third kappa shape index (κ3) is 3.18. The summed E-state index contributed by atoms with van der Waals surface area (Å²) in [5.41, 5.74) is 0.567. The molecule has 0 spiro atoms. The molecule has 0 amide bonds. The highest BCUT2D eigenvalue weighted by Crippen LogP contribution is 2.13. The van der Waals surface area contributed by atoms with Gasteiger partial charge in [-0.3, -0.25) is 0 Å². The molecule has 0 aromatic heterocycles. The van der Waals surface area contributed by atoms with Crippen LogP contribution in [0.15, 0.2) is 35.9 Å². The standard InChI is InChI=1S/C10H8ClNO/c1-8(11)7-13-10-4-2-3-9(5-10)6-12/h2-5H,1,7H2. The van der Waals surface area contributed by atoms with Crippen molar-refractivity contribution in [2.24, 2.45) is 0 Å². The highest BCUT2D eigenvalue weighted by Gasteiger charge is 1.95. The van der Waals surface area contributed by atoms with Gasteiger partial charge >= 0.3 is 0 Å². The number of ether oxygens (including phenoxy) is 1. The Hall–Kier alpha value is -1.46. The Labute approximate surface area is 82.0 Å². The molecule has 1 aromatic carbocycles. The van der Waals surface area contributed by atoms with Crippen LogP contribution in [0, 0.1) is 11.3 Å². The SMILES string of the molecule is C=C(Cl)COc1cccc(C#N)c1. The summed E-state index contributed by atoms with van der Waals surface area (Å²) in [7, 11) is 0. The first-order valence-electron chi connectivity index (χ1n) is 3.68.